The summed E-state index contributed by atoms with van der Waals surface area (Å²) in [5.41, 5.74) is 6.27. The second kappa shape index (κ2) is 6.93. The normalized spacial score (nSPS) is 17.8. The van der Waals surface area contributed by atoms with Crippen LogP contribution in [0.2, 0.25) is 0 Å². The van der Waals surface area contributed by atoms with E-state index in [9.17, 15) is 14.4 Å². The van der Waals surface area contributed by atoms with Crippen LogP contribution in [0.3, 0.4) is 0 Å². The molecule has 22 heavy (non-hydrogen) atoms. The largest absolute Gasteiger partial charge is 0.478 e. The van der Waals surface area contributed by atoms with Gasteiger partial charge in [-0.2, -0.15) is 0 Å². The first-order valence-corrected chi connectivity index (χ1v) is 7.11. The van der Waals surface area contributed by atoms with E-state index in [0.29, 0.717) is 19.6 Å². The third-order valence-electron chi connectivity index (χ3n) is 3.77. The number of hydrogen-bond acceptors (Lipinski definition) is 3. The molecule has 0 aromatic heterocycles. The van der Waals surface area contributed by atoms with E-state index in [-0.39, 0.29) is 17.4 Å². The molecule has 0 spiro atoms. The molecule has 1 aliphatic heterocycles. The standard InChI is InChI=1S/C15H19N3O4/c16-15(22)18-7-1-2-12(9-18)13(19)17-8-10-3-5-11(6-4-10)14(20)21/h3-6,12H,1-2,7-9H2,(H2,16,22)(H,17,19)(H,20,21)/t12-/m0/s1. The SMILES string of the molecule is NC(=O)N1CCC[C@H](C(=O)NCc2ccc(C(=O)O)cc2)C1. The van der Waals surface area contributed by atoms with Crippen molar-refractivity contribution in [2.75, 3.05) is 13.1 Å². The van der Waals surface area contributed by atoms with Gasteiger partial charge < -0.3 is 21.1 Å². The summed E-state index contributed by atoms with van der Waals surface area (Å²) in [6.45, 7) is 1.26. The molecular formula is C15H19N3O4. The summed E-state index contributed by atoms with van der Waals surface area (Å²) < 4.78 is 0. The van der Waals surface area contributed by atoms with Gasteiger partial charge in [0.25, 0.3) is 0 Å². The molecule has 2 rings (SSSR count). The maximum absolute atomic E-state index is 12.1. The molecule has 1 aromatic rings. The summed E-state index contributed by atoms with van der Waals surface area (Å²) in [4.78, 5) is 35.5. The summed E-state index contributed by atoms with van der Waals surface area (Å²) in [6.07, 6.45) is 1.49. The first-order valence-electron chi connectivity index (χ1n) is 7.11. The van der Waals surface area contributed by atoms with Crippen molar-refractivity contribution in [3.8, 4) is 0 Å². The van der Waals surface area contributed by atoms with Crippen LogP contribution in [-0.4, -0.2) is 41.0 Å². The van der Waals surface area contributed by atoms with Crippen LogP contribution in [0.25, 0.3) is 0 Å². The number of carboxylic acid groups (broad SMARTS) is 1. The fourth-order valence-electron chi connectivity index (χ4n) is 2.49. The second-order valence-electron chi connectivity index (χ2n) is 5.34. The lowest BCUT2D eigenvalue weighted by Crippen LogP contribution is -2.47. The molecule has 1 atom stereocenters. The van der Waals surface area contributed by atoms with Crippen molar-refractivity contribution in [2.24, 2.45) is 11.7 Å². The van der Waals surface area contributed by atoms with Crippen LogP contribution in [0.1, 0.15) is 28.8 Å². The van der Waals surface area contributed by atoms with Crippen molar-refractivity contribution in [3.63, 3.8) is 0 Å². The highest BCUT2D eigenvalue weighted by molar-refractivity contribution is 5.87. The molecular weight excluding hydrogens is 286 g/mol. The lowest BCUT2D eigenvalue weighted by Gasteiger charge is -2.30. The number of nitrogens with two attached hydrogens (primary N) is 1. The van der Waals surface area contributed by atoms with Gasteiger partial charge in [0, 0.05) is 19.6 Å². The number of benzene rings is 1. The zero-order chi connectivity index (χ0) is 16.1. The Bertz CT molecular complexity index is 571. The maximum Gasteiger partial charge on any atom is 0.335 e. The summed E-state index contributed by atoms with van der Waals surface area (Å²) in [5, 5.41) is 11.6. The van der Waals surface area contributed by atoms with Gasteiger partial charge in [0.2, 0.25) is 5.91 Å². The van der Waals surface area contributed by atoms with E-state index < -0.39 is 12.0 Å². The number of carboxylic acids is 1. The fraction of sp³-hybridized carbons (Fsp3) is 0.400. The van der Waals surface area contributed by atoms with E-state index in [0.717, 1.165) is 18.4 Å². The smallest absolute Gasteiger partial charge is 0.335 e. The number of primary amides is 1. The zero-order valence-electron chi connectivity index (χ0n) is 12.1. The highest BCUT2D eigenvalue weighted by Crippen LogP contribution is 2.16. The number of amides is 3. The molecule has 1 aliphatic rings. The van der Waals surface area contributed by atoms with Crippen molar-refractivity contribution in [3.05, 3.63) is 35.4 Å². The number of nitrogens with one attached hydrogen (secondary N) is 1. The lowest BCUT2D eigenvalue weighted by molar-refractivity contribution is -0.126. The van der Waals surface area contributed by atoms with Crippen LogP contribution in [0.4, 0.5) is 4.79 Å². The van der Waals surface area contributed by atoms with Gasteiger partial charge in [-0.15, -0.1) is 0 Å². The average Bonchev–Trinajstić information content (AvgIpc) is 2.53. The third kappa shape index (κ3) is 3.97. The van der Waals surface area contributed by atoms with Crippen LogP contribution < -0.4 is 11.1 Å². The Morgan fingerprint density at radius 2 is 1.95 bits per heavy atom. The number of piperidine rings is 1. The van der Waals surface area contributed by atoms with E-state index in [1.165, 1.54) is 17.0 Å². The Kier molecular flexibility index (Phi) is 4.98. The number of urea groups is 1. The molecule has 4 N–H and O–H groups in total. The van der Waals surface area contributed by atoms with E-state index in [2.05, 4.69) is 5.32 Å². The molecule has 3 amide bonds. The zero-order valence-corrected chi connectivity index (χ0v) is 12.1. The van der Waals surface area contributed by atoms with Crippen molar-refractivity contribution < 1.29 is 19.5 Å². The summed E-state index contributed by atoms with van der Waals surface area (Å²) in [6, 6.07) is 5.83. The first kappa shape index (κ1) is 15.8. The fourth-order valence-corrected chi connectivity index (χ4v) is 2.49. The monoisotopic (exact) mass is 305 g/mol. The molecule has 0 bridgehead atoms. The molecule has 0 saturated carbocycles. The number of rotatable bonds is 4. The molecule has 0 unspecified atom stereocenters. The summed E-state index contributed by atoms with van der Waals surface area (Å²) in [7, 11) is 0. The third-order valence-corrected chi connectivity index (χ3v) is 3.77. The number of aromatic carboxylic acids is 1. The Balaban J connectivity index is 1.86. The van der Waals surface area contributed by atoms with Crippen molar-refractivity contribution in [1.82, 2.24) is 10.2 Å². The van der Waals surface area contributed by atoms with Gasteiger partial charge in [0.15, 0.2) is 0 Å². The Morgan fingerprint density at radius 3 is 2.55 bits per heavy atom. The molecule has 0 radical (unpaired) electrons. The van der Waals surface area contributed by atoms with E-state index >= 15 is 0 Å². The van der Waals surface area contributed by atoms with Crippen molar-refractivity contribution in [2.45, 2.75) is 19.4 Å². The van der Waals surface area contributed by atoms with Gasteiger partial charge >= 0.3 is 12.0 Å². The first-order chi connectivity index (χ1) is 10.5. The van der Waals surface area contributed by atoms with Gasteiger partial charge in [-0.1, -0.05) is 12.1 Å². The summed E-state index contributed by atoms with van der Waals surface area (Å²) in [5.74, 6) is -1.35. The topological polar surface area (TPSA) is 113 Å². The predicted molar refractivity (Wildman–Crippen MR) is 79.1 cm³/mol. The van der Waals surface area contributed by atoms with E-state index in [1.54, 1.807) is 12.1 Å². The van der Waals surface area contributed by atoms with Gasteiger partial charge in [0.1, 0.15) is 0 Å². The maximum atomic E-state index is 12.1. The van der Waals surface area contributed by atoms with Crippen molar-refractivity contribution in [1.29, 1.82) is 0 Å². The van der Waals surface area contributed by atoms with E-state index in [1.807, 2.05) is 0 Å². The second-order valence-corrected chi connectivity index (χ2v) is 5.34. The minimum absolute atomic E-state index is 0.117. The quantitative estimate of drug-likeness (QED) is 0.763. The van der Waals surface area contributed by atoms with Crippen LogP contribution in [-0.2, 0) is 11.3 Å². The molecule has 0 aliphatic carbocycles. The predicted octanol–water partition coefficient (Wildman–Crippen LogP) is 0.792. The lowest BCUT2D eigenvalue weighted by atomic mass is 9.97. The summed E-state index contributed by atoms with van der Waals surface area (Å²) >= 11 is 0. The number of likely N-dealkylation sites (tertiary alicyclic amines) is 1. The highest BCUT2D eigenvalue weighted by atomic mass is 16.4. The number of nitrogens with zero attached hydrogens (tertiary/aromatic N) is 1. The average molecular weight is 305 g/mol. The molecule has 118 valence electrons. The van der Waals surface area contributed by atoms with Gasteiger partial charge in [0.05, 0.1) is 11.5 Å². The molecule has 1 saturated heterocycles. The Hall–Kier alpha value is -2.57. The molecule has 1 heterocycles. The minimum Gasteiger partial charge on any atom is -0.478 e. The van der Waals surface area contributed by atoms with Gasteiger partial charge in [-0.25, -0.2) is 9.59 Å². The number of carbonyl (C=O) groups excluding carboxylic acids is 2. The van der Waals surface area contributed by atoms with Crippen LogP contribution in [0, 0.1) is 5.92 Å². The molecule has 1 fully saturated rings. The molecule has 1 aromatic carbocycles. The van der Waals surface area contributed by atoms with Gasteiger partial charge in [-0.05, 0) is 30.5 Å². The highest BCUT2D eigenvalue weighted by Gasteiger charge is 2.27. The van der Waals surface area contributed by atoms with Gasteiger partial charge in [-0.3, -0.25) is 4.79 Å². The Labute approximate surface area is 128 Å². The van der Waals surface area contributed by atoms with Crippen LogP contribution in [0.15, 0.2) is 24.3 Å². The van der Waals surface area contributed by atoms with Crippen molar-refractivity contribution >= 4 is 17.9 Å². The van der Waals surface area contributed by atoms with Crippen LogP contribution >= 0.6 is 0 Å². The van der Waals surface area contributed by atoms with Crippen LogP contribution in [0.5, 0.6) is 0 Å². The Morgan fingerprint density at radius 1 is 1.27 bits per heavy atom. The number of hydrogen-bond donors (Lipinski definition) is 3. The molecule has 7 nitrogen and oxygen atoms in total. The van der Waals surface area contributed by atoms with E-state index in [4.69, 9.17) is 10.8 Å². The molecule has 7 heteroatoms. The minimum atomic E-state index is -0.982. The number of carbonyl (C=O) groups is 3.